The number of nitrogens with zero attached hydrogens (tertiary/aromatic N) is 2. The number of fused-ring (bicyclic) bond motifs is 1. The van der Waals surface area contributed by atoms with Gasteiger partial charge in [-0.25, -0.2) is 4.79 Å². The number of ketones is 1. The average molecular weight is 508 g/mol. The second-order valence-corrected chi connectivity index (χ2v) is 11.7. The molecule has 3 fully saturated rings. The predicted octanol–water partition coefficient (Wildman–Crippen LogP) is -0.0126. The van der Waals surface area contributed by atoms with Gasteiger partial charge in [-0.3, -0.25) is 14.4 Å². The molecule has 0 aromatic rings. The van der Waals surface area contributed by atoms with Gasteiger partial charge in [-0.05, 0) is 32.2 Å². The van der Waals surface area contributed by atoms with Crippen LogP contribution in [0.3, 0.4) is 0 Å². The van der Waals surface area contributed by atoms with Crippen molar-refractivity contribution in [1.29, 1.82) is 0 Å². The first-order valence-corrected chi connectivity index (χ1v) is 13.4. The molecule has 35 heavy (non-hydrogen) atoms. The summed E-state index contributed by atoms with van der Waals surface area (Å²) in [5.74, 6) is -1.82. The van der Waals surface area contributed by atoms with E-state index < -0.39 is 5.97 Å². The van der Waals surface area contributed by atoms with Gasteiger partial charge in [-0.2, -0.15) is 0 Å². The van der Waals surface area contributed by atoms with Crippen LogP contribution in [-0.4, -0.2) is 95.1 Å². The summed E-state index contributed by atoms with van der Waals surface area (Å²) in [6.07, 6.45) is 2.53. The number of likely N-dealkylation sites (tertiary alicyclic amines) is 1. The monoisotopic (exact) mass is 507 g/mol. The number of β-lactam (4-membered cyclic amide) rings is 1. The fraction of sp³-hybridized carbons (Fsp3) is 0.750. The Morgan fingerprint density at radius 2 is 1.97 bits per heavy atom. The molecular formula is C24H37N5O5S. The van der Waals surface area contributed by atoms with Gasteiger partial charge in [0.05, 0.1) is 24.5 Å². The van der Waals surface area contributed by atoms with E-state index in [-0.39, 0.29) is 77.4 Å². The molecule has 0 aliphatic carbocycles. The standard InChI is InChI=1S/C24H37N5O5S/c1-12(8-15(30)10-26-3)18-19-13(2)21(20(24(33)34)29(19)23(18)32)35-16-9-17(27-11-16)22(31)28-6-4-14(25)5-7-28/h12-14,16-19,26-27H,4-11,25H2,1-3H3,(H,33,34)/t12-,13+,16-,17-,18+,19+/m0/s1. The zero-order chi connectivity index (χ0) is 25.4. The number of carboxylic acids is 1. The highest BCUT2D eigenvalue weighted by molar-refractivity contribution is 8.03. The maximum absolute atomic E-state index is 13.0. The van der Waals surface area contributed by atoms with E-state index in [1.807, 2.05) is 18.7 Å². The lowest BCUT2D eigenvalue weighted by Gasteiger charge is -2.47. The molecular weight excluding hydrogens is 470 g/mol. The zero-order valence-electron chi connectivity index (χ0n) is 20.7. The molecule has 0 aromatic heterocycles. The van der Waals surface area contributed by atoms with Crippen LogP contribution in [0, 0.1) is 17.8 Å². The number of hydrogen-bond donors (Lipinski definition) is 4. The van der Waals surface area contributed by atoms with E-state index in [9.17, 15) is 24.3 Å². The first-order chi connectivity index (χ1) is 16.6. The van der Waals surface area contributed by atoms with Gasteiger partial charge in [0.2, 0.25) is 11.8 Å². The van der Waals surface area contributed by atoms with Crippen LogP contribution in [-0.2, 0) is 19.2 Å². The van der Waals surface area contributed by atoms with Crippen LogP contribution in [0.25, 0.3) is 0 Å². The van der Waals surface area contributed by atoms with E-state index in [0.29, 0.717) is 31.0 Å². The molecule has 0 radical (unpaired) electrons. The van der Waals surface area contributed by atoms with E-state index >= 15 is 0 Å². The fourth-order valence-corrected chi connectivity index (χ4v) is 7.50. The molecule has 0 spiro atoms. The minimum atomic E-state index is -1.10. The summed E-state index contributed by atoms with van der Waals surface area (Å²) < 4.78 is 0. The van der Waals surface area contributed by atoms with Gasteiger partial charge in [0.1, 0.15) is 11.5 Å². The minimum absolute atomic E-state index is 0.0429. The van der Waals surface area contributed by atoms with Gasteiger partial charge in [0, 0.05) is 48.2 Å². The number of nitrogens with one attached hydrogen (secondary N) is 2. The highest BCUT2D eigenvalue weighted by Gasteiger charge is 2.60. The van der Waals surface area contributed by atoms with Crippen LogP contribution in [0.1, 0.15) is 39.5 Å². The van der Waals surface area contributed by atoms with Crippen LogP contribution >= 0.6 is 11.8 Å². The van der Waals surface area contributed by atoms with E-state index in [4.69, 9.17) is 5.73 Å². The second kappa shape index (κ2) is 10.6. The Balaban J connectivity index is 1.42. The van der Waals surface area contributed by atoms with Crippen molar-refractivity contribution in [2.24, 2.45) is 23.5 Å². The molecule has 4 aliphatic heterocycles. The Kier molecular flexibility index (Phi) is 7.89. The van der Waals surface area contributed by atoms with Crippen molar-refractivity contribution < 1.29 is 24.3 Å². The Bertz CT molecular complexity index is 918. The molecule has 2 amide bonds. The second-order valence-electron chi connectivity index (χ2n) is 10.4. The molecule has 6 atom stereocenters. The summed E-state index contributed by atoms with van der Waals surface area (Å²) in [7, 11) is 1.71. The van der Waals surface area contributed by atoms with Crippen LogP contribution in [0.5, 0.6) is 0 Å². The van der Waals surface area contributed by atoms with E-state index in [0.717, 1.165) is 12.8 Å². The molecule has 0 unspecified atom stereocenters. The van der Waals surface area contributed by atoms with Gasteiger partial charge in [0.25, 0.3) is 0 Å². The third-order valence-electron chi connectivity index (χ3n) is 7.86. The van der Waals surface area contributed by atoms with Crippen molar-refractivity contribution in [3.63, 3.8) is 0 Å². The zero-order valence-corrected chi connectivity index (χ0v) is 21.5. The van der Waals surface area contributed by atoms with Crippen LogP contribution in [0.15, 0.2) is 10.6 Å². The molecule has 11 heteroatoms. The Labute approximate surface area is 210 Å². The molecule has 4 rings (SSSR count). The maximum Gasteiger partial charge on any atom is 0.353 e. The molecule has 4 aliphatic rings. The topological polar surface area (TPSA) is 145 Å². The molecule has 194 valence electrons. The number of carbonyl (C=O) groups excluding carboxylic acids is 3. The Hall–Kier alpha value is -1.95. The summed E-state index contributed by atoms with van der Waals surface area (Å²) in [6, 6.07) is -0.361. The number of carbonyl (C=O) groups is 4. The summed E-state index contributed by atoms with van der Waals surface area (Å²) in [6.45, 7) is 6.09. The number of thioether (sulfide) groups is 1. The number of carboxylic acid groups (broad SMARTS) is 1. The largest absolute Gasteiger partial charge is 0.477 e. The first kappa shape index (κ1) is 26.1. The lowest BCUT2D eigenvalue weighted by molar-refractivity contribution is -0.160. The maximum atomic E-state index is 13.0. The van der Waals surface area contributed by atoms with Crippen molar-refractivity contribution in [3.8, 4) is 0 Å². The molecule has 0 saturated carbocycles. The number of rotatable bonds is 9. The summed E-state index contributed by atoms with van der Waals surface area (Å²) in [5, 5.41) is 16.2. The number of nitrogens with two attached hydrogens (primary N) is 1. The fourth-order valence-electron chi connectivity index (χ4n) is 6.02. The molecule has 10 nitrogen and oxygen atoms in total. The van der Waals surface area contributed by atoms with Gasteiger partial charge in [-0.1, -0.05) is 13.8 Å². The number of aliphatic carboxylic acids is 1. The number of piperidine rings is 1. The van der Waals surface area contributed by atoms with Crippen molar-refractivity contribution in [2.75, 3.05) is 33.2 Å². The van der Waals surface area contributed by atoms with Crippen LogP contribution < -0.4 is 16.4 Å². The van der Waals surface area contributed by atoms with E-state index in [1.165, 1.54) is 16.7 Å². The predicted molar refractivity (Wildman–Crippen MR) is 132 cm³/mol. The molecule has 4 heterocycles. The average Bonchev–Trinajstić information content (AvgIpc) is 3.36. The molecule has 0 bridgehead atoms. The number of hydrogen-bond acceptors (Lipinski definition) is 8. The molecule has 3 saturated heterocycles. The van der Waals surface area contributed by atoms with Crippen LogP contribution in [0.4, 0.5) is 0 Å². The SMILES string of the molecule is CNCC(=O)C[C@H](C)[C@H]1C(=O)N2C(C(=O)O)=C(S[C@@H]3CN[C@H](C(=O)N4CCC(N)CC4)C3)[C@H](C)[C@H]12. The first-order valence-electron chi connectivity index (χ1n) is 12.5. The highest BCUT2D eigenvalue weighted by atomic mass is 32.2. The van der Waals surface area contributed by atoms with Crippen molar-refractivity contribution in [1.82, 2.24) is 20.4 Å². The third kappa shape index (κ3) is 5.00. The number of Topliss-reactive ketones (excluding diaryl/α,β-unsaturated/α-hetero) is 1. The van der Waals surface area contributed by atoms with Gasteiger partial charge in [-0.15, -0.1) is 11.8 Å². The Morgan fingerprint density at radius 1 is 1.29 bits per heavy atom. The molecule has 0 aromatic carbocycles. The number of likely N-dealkylation sites (N-methyl/N-ethyl adjacent to an activating group) is 1. The van der Waals surface area contributed by atoms with Crippen molar-refractivity contribution in [2.45, 2.75) is 62.9 Å². The molecule has 5 N–H and O–H groups in total. The lowest BCUT2D eigenvalue weighted by Crippen LogP contribution is -2.62. The quantitative estimate of drug-likeness (QED) is 0.317. The summed E-state index contributed by atoms with van der Waals surface area (Å²) >= 11 is 1.49. The highest BCUT2D eigenvalue weighted by Crippen LogP contribution is 2.53. The van der Waals surface area contributed by atoms with E-state index in [1.54, 1.807) is 7.05 Å². The normalized spacial score (nSPS) is 32.0. The van der Waals surface area contributed by atoms with Gasteiger partial charge in [0.15, 0.2) is 0 Å². The van der Waals surface area contributed by atoms with Crippen molar-refractivity contribution >= 4 is 35.3 Å². The summed E-state index contributed by atoms with van der Waals surface area (Å²) in [5.41, 5.74) is 6.03. The summed E-state index contributed by atoms with van der Waals surface area (Å²) in [4.78, 5) is 54.3. The third-order valence-corrected chi connectivity index (χ3v) is 9.37. The smallest absolute Gasteiger partial charge is 0.353 e. The minimum Gasteiger partial charge on any atom is -0.477 e. The van der Waals surface area contributed by atoms with Gasteiger partial charge >= 0.3 is 5.97 Å². The van der Waals surface area contributed by atoms with Crippen LogP contribution in [0.2, 0.25) is 0 Å². The Morgan fingerprint density at radius 3 is 2.60 bits per heavy atom. The van der Waals surface area contributed by atoms with Crippen molar-refractivity contribution in [3.05, 3.63) is 10.6 Å². The van der Waals surface area contributed by atoms with E-state index in [2.05, 4.69) is 10.6 Å². The lowest BCUT2D eigenvalue weighted by atomic mass is 9.73. The number of amides is 2. The van der Waals surface area contributed by atoms with Gasteiger partial charge < -0.3 is 31.3 Å².